The number of fused-ring (bicyclic) bond motifs is 2. The summed E-state index contributed by atoms with van der Waals surface area (Å²) in [6.07, 6.45) is -0.311. The molecule has 1 saturated heterocycles. The number of aliphatic hydroxyl groups excluding tert-OH is 1. The Kier molecular flexibility index (Phi) is 16.9. The summed E-state index contributed by atoms with van der Waals surface area (Å²) in [4.78, 5) is 79.9. The average molecular weight is 706 g/mol. The molecule has 272 valence electrons. The van der Waals surface area contributed by atoms with Gasteiger partial charge in [-0.3, -0.25) is 29.0 Å². The van der Waals surface area contributed by atoms with E-state index >= 15 is 0 Å². The number of hydrogen-bond donors (Lipinski definition) is 4. The fourth-order valence-electron chi connectivity index (χ4n) is 5.70. The summed E-state index contributed by atoms with van der Waals surface area (Å²) in [6, 6.07) is 3.62. The number of nitrogens with one attached hydrogen (secondary N) is 1. The van der Waals surface area contributed by atoms with E-state index in [4.69, 9.17) is 0 Å². The van der Waals surface area contributed by atoms with E-state index in [0.29, 0.717) is 4.90 Å². The lowest BCUT2D eigenvalue weighted by molar-refractivity contribution is -0.150. The summed E-state index contributed by atoms with van der Waals surface area (Å²) in [5.41, 5.74) is 0.180. The van der Waals surface area contributed by atoms with Crippen LogP contribution in [0.15, 0.2) is 35.5 Å². The van der Waals surface area contributed by atoms with Crippen molar-refractivity contribution in [2.24, 2.45) is 0 Å². The highest BCUT2D eigenvalue weighted by atomic mass is 32.2. The van der Waals surface area contributed by atoms with Crippen molar-refractivity contribution in [2.45, 2.75) is 78.3 Å². The van der Waals surface area contributed by atoms with Crippen LogP contribution in [0.25, 0.3) is 0 Å². The molecule has 1 unspecified atom stereocenters. The zero-order valence-corrected chi connectivity index (χ0v) is 30.1. The molecule has 4 amide bonds. The summed E-state index contributed by atoms with van der Waals surface area (Å²) in [7, 11) is 0. The fraction of sp³-hybridized carbons (Fsp3) is 0.588. The third-order valence-electron chi connectivity index (χ3n) is 8.74. The molecular formula is C34H51N5O9S. The number of aliphatic carboxylic acids is 2. The van der Waals surface area contributed by atoms with Crippen LogP contribution in [0.1, 0.15) is 81.5 Å². The van der Waals surface area contributed by atoms with Gasteiger partial charge < -0.3 is 30.4 Å². The third kappa shape index (κ3) is 10.1. The van der Waals surface area contributed by atoms with Crippen molar-refractivity contribution < 1.29 is 44.1 Å². The Morgan fingerprint density at radius 1 is 0.878 bits per heavy atom. The molecule has 4 rings (SSSR count). The van der Waals surface area contributed by atoms with Gasteiger partial charge in [-0.05, 0) is 69.8 Å². The van der Waals surface area contributed by atoms with Crippen molar-refractivity contribution >= 4 is 47.3 Å². The number of aliphatic hydroxyl groups is 1. The van der Waals surface area contributed by atoms with Gasteiger partial charge in [-0.1, -0.05) is 53.7 Å². The zero-order chi connectivity index (χ0) is 36.8. The summed E-state index contributed by atoms with van der Waals surface area (Å²) in [5.74, 6) is -5.11. The lowest BCUT2D eigenvalue weighted by atomic mass is 10.0. The number of β-lactam (4-membered cyclic amide) rings is 1. The van der Waals surface area contributed by atoms with E-state index < -0.39 is 59.6 Å². The molecule has 15 heteroatoms. The first-order valence-electron chi connectivity index (χ1n) is 16.8. The second-order valence-corrected chi connectivity index (χ2v) is 12.5. The Labute approximate surface area is 292 Å². The van der Waals surface area contributed by atoms with E-state index in [1.807, 2.05) is 0 Å². The van der Waals surface area contributed by atoms with Crippen LogP contribution in [-0.4, -0.2) is 140 Å². The molecule has 49 heavy (non-hydrogen) atoms. The maximum absolute atomic E-state index is 12.6. The first-order valence-corrected chi connectivity index (χ1v) is 17.9. The van der Waals surface area contributed by atoms with Crippen LogP contribution in [0.3, 0.4) is 0 Å². The van der Waals surface area contributed by atoms with Crippen molar-refractivity contribution in [1.29, 1.82) is 0 Å². The van der Waals surface area contributed by atoms with E-state index in [0.717, 1.165) is 4.90 Å². The number of amides is 4. The number of rotatable bonds is 15. The first-order chi connectivity index (χ1) is 23.4. The Bertz CT molecular complexity index is 1320. The molecule has 0 aliphatic carbocycles. The minimum Gasteiger partial charge on any atom is -0.480 e. The van der Waals surface area contributed by atoms with Gasteiger partial charge in [0.15, 0.2) is 0 Å². The maximum Gasteiger partial charge on any atom is 0.352 e. The van der Waals surface area contributed by atoms with E-state index in [-0.39, 0.29) is 47.4 Å². The van der Waals surface area contributed by atoms with Crippen LogP contribution >= 0.6 is 11.8 Å². The monoisotopic (exact) mass is 705 g/mol. The van der Waals surface area contributed by atoms with Gasteiger partial charge >= 0.3 is 11.9 Å². The Morgan fingerprint density at radius 3 is 1.76 bits per heavy atom. The SMILES string of the molecule is CCN(CC)CC.CCN(CC)CC.O=C(CCC[C@H](C(=O)O)N1C(=O)c2ccccc2C1=O)NC1C(=O)N2C(C(=O)O)=C(CO)CS[C@H]12. The van der Waals surface area contributed by atoms with Crippen LogP contribution in [0, 0.1) is 0 Å². The lowest BCUT2D eigenvalue weighted by Crippen LogP contribution is -2.70. The molecule has 3 aliphatic heterocycles. The van der Waals surface area contributed by atoms with Crippen molar-refractivity contribution in [3.63, 3.8) is 0 Å². The summed E-state index contributed by atoms with van der Waals surface area (Å²) in [6.45, 7) is 19.8. The number of thioether (sulfide) groups is 1. The van der Waals surface area contributed by atoms with Crippen molar-refractivity contribution in [3.8, 4) is 0 Å². The van der Waals surface area contributed by atoms with Crippen LogP contribution in [-0.2, 0) is 19.2 Å². The van der Waals surface area contributed by atoms with Gasteiger partial charge in [0.25, 0.3) is 17.7 Å². The highest BCUT2D eigenvalue weighted by Crippen LogP contribution is 2.40. The summed E-state index contributed by atoms with van der Waals surface area (Å²) in [5, 5.41) is 30.3. The second kappa shape index (κ2) is 20.0. The van der Waals surface area contributed by atoms with Gasteiger partial charge in [0.1, 0.15) is 23.2 Å². The second-order valence-electron chi connectivity index (χ2n) is 11.4. The minimum absolute atomic E-state index is 0.0214. The highest BCUT2D eigenvalue weighted by Gasteiger charge is 2.54. The smallest absolute Gasteiger partial charge is 0.352 e. The number of benzene rings is 1. The Balaban J connectivity index is 0.000000500. The molecule has 0 radical (unpaired) electrons. The van der Waals surface area contributed by atoms with Gasteiger partial charge in [0.05, 0.1) is 17.7 Å². The van der Waals surface area contributed by atoms with Crippen LogP contribution in [0.2, 0.25) is 0 Å². The number of carboxylic acid groups (broad SMARTS) is 2. The van der Waals surface area contributed by atoms with E-state index in [1.165, 1.54) is 63.2 Å². The van der Waals surface area contributed by atoms with Gasteiger partial charge in [-0.25, -0.2) is 9.59 Å². The number of nitrogens with zero attached hydrogens (tertiary/aromatic N) is 4. The molecule has 1 aromatic rings. The number of carbonyl (C=O) groups excluding carboxylic acids is 4. The molecule has 3 aliphatic rings. The standard InChI is InChI=1S/C22H21N3O9S.2C6H15N/c26-8-10-9-35-20-15(19(30)25(20)16(10)22(33)34)23-14(27)7-3-6-13(21(31)32)24-17(28)11-4-1-2-5-12(11)18(24)29;2*1-4-7(5-2)6-3/h1-2,4-5,13,15,20,26H,3,6-9H2,(H,23,27)(H,31,32)(H,33,34);2*4-6H2,1-3H3/t13-,15?,20-;;/m1../s1. The molecule has 3 heterocycles. The fourth-order valence-corrected chi connectivity index (χ4v) is 7.04. The maximum atomic E-state index is 12.6. The molecule has 14 nitrogen and oxygen atoms in total. The van der Waals surface area contributed by atoms with Gasteiger partial charge in [-0.15, -0.1) is 11.8 Å². The predicted molar refractivity (Wildman–Crippen MR) is 186 cm³/mol. The number of carbonyl (C=O) groups is 6. The number of imide groups is 1. The molecule has 0 bridgehead atoms. The highest BCUT2D eigenvalue weighted by molar-refractivity contribution is 8.00. The summed E-state index contributed by atoms with van der Waals surface area (Å²) >= 11 is 1.21. The minimum atomic E-state index is -1.45. The van der Waals surface area contributed by atoms with Gasteiger partial charge in [0, 0.05) is 12.2 Å². The molecule has 1 aromatic carbocycles. The van der Waals surface area contributed by atoms with Crippen molar-refractivity contribution in [3.05, 3.63) is 46.7 Å². The first kappa shape index (κ1) is 41.4. The zero-order valence-electron chi connectivity index (χ0n) is 29.3. The van der Waals surface area contributed by atoms with Crippen molar-refractivity contribution in [2.75, 3.05) is 51.6 Å². The number of hydrogen-bond acceptors (Lipinski definition) is 10. The largest absolute Gasteiger partial charge is 0.480 e. The van der Waals surface area contributed by atoms with Gasteiger partial charge in [0.2, 0.25) is 5.91 Å². The quantitative estimate of drug-likeness (QED) is 0.154. The predicted octanol–water partition coefficient (Wildman–Crippen LogP) is 2.33. The van der Waals surface area contributed by atoms with Crippen LogP contribution in [0.5, 0.6) is 0 Å². The number of carboxylic acids is 2. The molecule has 1 fully saturated rings. The van der Waals surface area contributed by atoms with E-state index in [1.54, 1.807) is 12.1 Å². The molecule has 0 saturated carbocycles. The molecule has 3 atom stereocenters. The molecule has 0 spiro atoms. The van der Waals surface area contributed by atoms with Gasteiger partial charge in [-0.2, -0.15) is 0 Å². The van der Waals surface area contributed by atoms with Crippen LogP contribution in [0.4, 0.5) is 0 Å². The van der Waals surface area contributed by atoms with E-state index in [9.17, 15) is 44.1 Å². The van der Waals surface area contributed by atoms with Crippen molar-refractivity contribution in [1.82, 2.24) is 24.9 Å². The summed E-state index contributed by atoms with van der Waals surface area (Å²) < 4.78 is 0. The Morgan fingerprint density at radius 2 is 1.37 bits per heavy atom. The van der Waals surface area contributed by atoms with Crippen LogP contribution < -0.4 is 5.32 Å². The average Bonchev–Trinajstić information content (AvgIpc) is 3.35. The molecule has 4 N–H and O–H groups in total. The Hall–Kier alpha value is -3.79. The molecular weight excluding hydrogens is 654 g/mol. The lowest BCUT2D eigenvalue weighted by Gasteiger charge is -2.49. The molecule has 0 aromatic heterocycles. The van der Waals surface area contributed by atoms with E-state index in [2.05, 4.69) is 56.7 Å². The topological polar surface area (TPSA) is 188 Å². The third-order valence-corrected chi connectivity index (χ3v) is 10.1. The normalized spacial score (nSPS) is 18.6.